The first-order valence-corrected chi connectivity index (χ1v) is 21.8. The number of pyridine rings is 3. The van der Waals surface area contributed by atoms with Crippen LogP contribution in [0.1, 0.15) is 1.43 Å². The van der Waals surface area contributed by atoms with Gasteiger partial charge < -0.3 is 69.4 Å². The van der Waals surface area contributed by atoms with Crippen molar-refractivity contribution in [1.82, 2.24) is 15.0 Å². The van der Waals surface area contributed by atoms with Gasteiger partial charge in [0.2, 0.25) is 17.2 Å². The first-order chi connectivity index (χ1) is 35.5. The average Bonchev–Trinajstić information content (AvgIpc) is 3.42. The summed E-state index contributed by atoms with van der Waals surface area (Å²) in [6, 6.07) is 17.5. The Bertz CT molecular complexity index is 3380. The van der Waals surface area contributed by atoms with Crippen molar-refractivity contribution in [2.75, 3.05) is 66.7 Å². The number of rotatable bonds is 9. The minimum absolute atomic E-state index is 0. The third kappa shape index (κ3) is 13.2. The fourth-order valence-corrected chi connectivity index (χ4v) is 7.70. The number of nitro benzene ring substituents is 1. The van der Waals surface area contributed by atoms with Crippen molar-refractivity contribution in [3.05, 3.63) is 118 Å². The van der Waals surface area contributed by atoms with Gasteiger partial charge >= 0.3 is 103 Å². The van der Waals surface area contributed by atoms with Crippen molar-refractivity contribution < 1.29 is 185 Å². The Labute approximate surface area is 515 Å². The number of methoxy groups -OCH3 is 3. The van der Waals surface area contributed by atoms with Gasteiger partial charge in [0, 0.05) is 54.6 Å². The standard InChI is InChI=1S/C18H13FN2O6.C18H15FN2O4.C12H10ClNO3.CH2O3.2K.H/c1-24-15-9-12-16(18-17(15)25-6-7-26-18)14(4-5-20-12)27-13-3-2-10(21(22)23)8-11(13)19;1-22-15-9-12-16(18-17(15)23-6-7-24-18)14(4-5-21-12)25-13-3-2-10(20)8-11(13)19;1-15-9-6-8-10(7(13)2-3-14-8)12-11(9)16-4-5-17-12;2-1-4-3;;;/h2-5,8-9H,6-7H2,1H3;2-5,8-9H,6-7,20H2,1H3;2-3,6H,4-5H2,1H3;1,3H;;;/q;;;;2*+1;-1/p-1. The number of nitro groups is 1. The smallest absolute Gasteiger partial charge is 1.00 e. The predicted molar refractivity (Wildman–Crippen MR) is 255 cm³/mol. The number of benzene rings is 5. The van der Waals surface area contributed by atoms with Crippen LogP contribution in [0.4, 0.5) is 20.2 Å². The number of hydrogen-bond acceptors (Lipinski definition) is 20. The number of fused-ring (bicyclic) bond motifs is 9. The molecular formula is C49H40ClF2K2N5O16. The van der Waals surface area contributed by atoms with Crippen LogP contribution in [0.15, 0.2) is 91.4 Å². The molecule has 11 rings (SSSR count). The Hall–Kier alpha value is -5.82. The third-order valence-corrected chi connectivity index (χ3v) is 10.9. The number of aromatic nitrogens is 3. The van der Waals surface area contributed by atoms with E-state index in [1.165, 1.54) is 37.6 Å². The zero-order valence-electron chi connectivity index (χ0n) is 41.5. The second-order valence-corrected chi connectivity index (χ2v) is 15.3. The van der Waals surface area contributed by atoms with E-state index < -0.39 is 16.6 Å². The molecule has 0 aliphatic carbocycles. The molecule has 26 heteroatoms. The van der Waals surface area contributed by atoms with E-state index in [9.17, 15) is 18.9 Å². The molecule has 3 aliphatic heterocycles. The van der Waals surface area contributed by atoms with E-state index in [-0.39, 0.29) is 134 Å². The van der Waals surface area contributed by atoms with Crippen LogP contribution in [-0.2, 0) is 9.68 Å². The van der Waals surface area contributed by atoms with Crippen molar-refractivity contribution in [3.8, 4) is 74.7 Å². The number of ether oxygens (including phenoxy) is 11. The van der Waals surface area contributed by atoms with E-state index in [0.717, 1.165) is 17.0 Å². The average molecular weight is 1110 g/mol. The molecule has 0 atom stereocenters. The molecule has 0 saturated heterocycles. The SMILES string of the molecule is COc1cc2nccc(Cl)c2c2c1OCCO2.COc1cc2nccc(Oc3ccc(N)cc3F)c2c2c1OCCO2.COc1cc2nccc(Oc3ccc([N+](=O)[O-])cc3F)c2c2c1OCCO2.O=CO[O-].[H-].[K+].[K+]. The van der Waals surface area contributed by atoms with Crippen LogP contribution >= 0.6 is 11.6 Å². The van der Waals surface area contributed by atoms with E-state index in [1.54, 1.807) is 69.1 Å². The Morgan fingerprint density at radius 1 is 0.573 bits per heavy atom. The molecule has 0 spiro atoms. The van der Waals surface area contributed by atoms with Gasteiger partial charge in [0.15, 0.2) is 57.6 Å². The summed E-state index contributed by atoms with van der Waals surface area (Å²) in [7, 11) is 4.64. The Morgan fingerprint density at radius 3 is 1.33 bits per heavy atom. The molecule has 8 aromatic rings. The van der Waals surface area contributed by atoms with Gasteiger partial charge in [-0.2, -0.15) is 0 Å². The van der Waals surface area contributed by atoms with E-state index in [2.05, 4.69) is 19.8 Å². The number of halogens is 3. The molecule has 380 valence electrons. The molecule has 2 N–H and O–H groups in total. The van der Waals surface area contributed by atoms with Gasteiger partial charge in [0.25, 0.3) is 12.2 Å². The van der Waals surface area contributed by atoms with Crippen LogP contribution in [0.25, 0.3) is 32.7 Å². The molecule has 75 heavy (non-hydrogen) atoms. The van der Waals surface area contributed by atoms with Crippen molar-refractivity contribution in [2.45, 2.75) is 0 Å². The first-order valence-electron chi connectivity index (χ1n) is 21.5. The second kappa shape index (κ2) is 27.3. The third-order valence-electron chi connectivity index (χ3n) is 10.5. The van der Waals surface area contributed by atoms with Crippen molar-refractivity contribution in [3.63, 3.8) is 0 Å². The summed E-state index contributed by atoms with van der Waals surface area (Å²) in [4.78, 5) is 34.2. The van der Waals surface area contributed by atoms with Gasteiger partial charge in [-0.05, 0) is 36.4 Å². The van der Waals surface area contributed by atoms with Crippen LogP contribution in [0, 0.1) is 21.7 Å². The molecule has 3 aromatic heterocycles. The van der Waals surface area contributed by atoms with Crippen LogP contribution in [0.3, 0.4) is 0 Å². The maximum atomic E-state index is 14.2. The maximum absolute atomic E-state index is 14.2. The molecular weight excluding hydrogens is 1070 g/mol. The predicted octanol–water partition coefficient (Wildman–Crippen LogP) is 2.61. The number of nitrogens with two attached hydrogens (primary N) is 1. The molecule has 0 fully saturated rings. The molecule has 0 saturated carbocycles. The van der Waals surface area contributed by atoms with Crippen LogP contribution < -0.4 is 166 Å². The van der Waals surface area contributed by atoms with Crippen LogP contribution in [0.5, 0.6) is 74.7 Å². The van der Waals surface area contributed by atoms with E-state index >= 15 is 0 Å². The molecule has 6 heterocycles. The zero-order valence-corrected chi connectivity index (χ0v) is 47.5. The molecule has 21 nitrogen and oxygen atoms in total. The molecule has 0 radical (unpaired) electrons. The fraction of sp³-hybridized carbons (Fsp3) is 0.184. The second-order valence-electron chi connectivity index (χ2n) is 14.9. The Morgan fingerprint density at radius 2 is 0.947 bits per heavy atom. The quantitative estimate of drug-likeness (QED) is 0.0544. The van der Waals surface area contributed by atoms with Gasteiger partial charge in [0.05, 0.1) is 70.1 Å². The summed E-state index contributed by atoms with van der Waals surface area (Å²) in [6.45, 7) is 2.32. The Balaban J connectivity index is 0.000000203. The number of nitrogens with zero attached hydrogens (tertiary/aromatic N) is 4. The first kappa shape index (κ1) is 58.4. The van der Waals surface area contributed by atoms with Crippen molar-refractivity contribution in [2.24, 2.45) is 0 Å². The summed E-state index contributed by atoms with van der Waals surface area (Å²) in [6.07, 6.45) is 4.72. The van der Waals surface area contributed by atoms with E-state index in [1.807, 2.05) is 0 Å². The monoisotopic (exact) mass is 1110 g/mol. The minimum atomic E-state index is -0.853. The van der Waals surface area contributed by atoms with Crippen LogP contribution in [-0.4, -0.2) is 87.3 Å². The number of hydrogen-bond donors (Lipinski definition) is 1. The zero-order chi connectivity index (χ0) is 51.6. The number of nitrogen functional groups attached to an aromatic ring is 1. The summed E-state index contributed by atoms with van der Waals surface area (Å²) in [5.41, 5.74) is 7.38. The summed E-state index contributed by atoms with van der Waals surface area (Å²) >= 11 is 6.17. The largest absolute Gasteiger partial charge is 1.00 e. The molecule has 0 bridgehead atoms. The molecule has 0 unspecified atom stereocenters. The normalized spacial score (nSPS) is 12.3. The molecule has 0 amide bonds. The van der Waals surface area contributed by atoms with Crippen molar-refractivity contribution >= 4 is 62.2 Å². The summed E-state index contributed by atoms with van der Waals surface area (Å²) < 4.78 is 89.7. The number of carbonyl (C=O) groups excluding carboxylic acids is 1. The Kier molecular flexibility index (Phi) is 21.3. The molecule has 3 aliphatic rings. The topological polar surface area (TPSA) is 259 Å². The number of non-ortho nitro benzene ring substituents is 1. The van der Waals surface area contributed by atoms with E-state index in [0.29, 0.717) is 130 Å². The van der Waals surface area contributed by atoms with Gasteiger partial charge in [-0.1, -0.05) is 11.6 Å². The number of anilines is 1. The van der Waals surface area contributed by atoms with E-state index in [4.69, 9.17) is 79.5 Å². The van der Waals surface area contributed by atoms with Gasteiger partial charge in [-0.3, -0.25) is 29.9 Å². The van der Waals surface area contributed by atoms with Gasteiger partial charge in [0.1, 0.15) is 51.1 Å². The van der Waals surface area contributed by atoms with Crippen LogP contribution in [0.2, 0.25) is 5.02 Å². The molecule has 5 aromatic carbocycles. The van der Waals surface area contributed by atoms with Crippen molar-refractivity contribution in [1.29, 1.82) is 0 Å². The number of carbonyl (C=O) groups is 1. The summed E-state index contributed by atoms with van der Waals surface area (Å²) in [5.74, 6) is 3.74. The van der Waals surface area contributed by atoms with Gasteiger partial charge in [-0.25, -0.2) is 8.78 Å². The van der Waals surface area contributed by atoms with Gasteiger partial charge in [-0.15, -0.1) is 0 Å². The minimum Gasteiger partial charge on any atom is -1.00 e. The fourth-order valence-electron chi connectivity index (χ4n) is 7.46. The maximum Gasteiger partial charge on any atom is 1.00 e. The summed E-state index contributed by atoms with van der Waals surface area (Å²) in [5, 5.41) is 21.6.